The van der Waals surface area contributed by atoms with Crippen molar-refractivity contribution in [1.82, 2.24) is 4.90 Å². The summed E-state index contributed by atoms with van der Waals surface area (Å²) in [5.41, 5.74) is 0. The van der Waals surface area contributed by atoms with Crippen LogP contribution in [-0.2, 0) is 0 Å². The highest BCUT2D eigenvalue weighted by Gasteiger charge is 2.28. The number of alkyl halides is 1. The molecule has 2 rings (SSSR count). The largest absolute Gasteiger partial charge is 0.393 e. The molecule has 82 valence electrons. The van der Waals surface area contributed by atoms with E-state index in [-0.39, 0.29) is 6.10 Å². The van der Waals surface area contributed by atoms with E-state index in [0.29, 0.717) is 6.04 Å². The van der Waals surface area contributed by atoms with Crippen LogP contribution in [0.25, 0.3) is 0 Å². The van der Waals surface area contributed by atoms with Crippen molar-refractivity contribution in [3.05, 3.63) is 0 Å². The summed E-state index contributed by atoms with van der Waals surface area (Å²) in [5, 5.41) is 9.38. The van der Waals surface area contributed by atoms with Crippen LogP contribution in [0.3, 0.4) is 0 Å². The number of halogens is 1. The van der Waals surface area contributed by atoms with Gasteiger partial charge in [0.1, 0.15) is 6.17 Å². The second-order valence-electron chi connectivity index (χ2n) is 4.67. The van der Waals surface area contributed by atoms with Gasteiger partial charge in [0.15, 0.2) is 0 Å². The van der Waals surface area contributed by atoms with Crippen LogP contribution in [0.2, 0.25) is 0 Å². The van der Waals surface area contributed by atoms with E-state index in [1.54, 1.807) is 0 Å². The molecule has 1 saturated heterocycles. The molecule has 0 aromatic rings. The predicted molar refractivity (Wildman–Crippen MR) is 54.0 cm³/mol. The van der Waals surface area contributed by atoms with Crippen LogP contribution in [0, 0.1) is 0 Å². The summed E-state index contributed by atoms with van der Waals surface area (Å²) in [4.78, 5) is 2.44. The summed E-state index contributed by atoms with van der Waals surface area (Å²) in [6, 6.07) is 0.592. The van der Waals surface area contributed by atoms with Crippen molar-refractivity contribution in [2.45, 2.75) is 56.8 Å². The molecule has 1 aliphatic carbocycles. The zero-order valence-electron chi connectivity index (χ0n) is 8.66. The van der Waals surface area contributed by atoms with Crippen molar-refractivity contribution in [3.63, 3.8) is 0 Å². The second kappa shape index (κ2) is 4.58. The van der Waals surface area contributed by atoms with Crippen LogP contribution < -0.4 is 0 Å². The molecule has 2 aliphatic rings. The fourth-order valence-corrected chi connectivity index (χ4v) is 2.65. The monoisotopic (exact) mass is 201 g/mol. The van der Waals surface area contributed by atoms with E-state index in [1.165, 1.54) is 0 Å². The number of aliphatic hydroxyl groups is 1. The molecule has 0 bridgehead atoms. The van der Waals surface area contributed by atoms with Gasteiger partial charge in [-0.3, -0.25) is 0 Å². The van der Waals surface area contributed by atoms with Crippen LogP contribution in [-0.4, -0.2) is 41.4 Å². The van der Waals surface area contributed by atoms with Crippen LogP contribution in [0.1, 0.15) is 38.5 Å². The maximum Gasteiger partial charge on any atom is 0.100 e. The molecule has 0 atom stereocenters. The summed E-state index contributed by atoms with van der Waals surface area (Å²) in [5.74, 6) is 0. The van der Waals surface area contributed by atoms with Gasteiger partial charge in [0.2, 0.25) is 0 Å². The van der Waals surface area contributed by atoms with Gasteiger partial charge in [0.05, 0.1) is 6.10 Å². The lowest BCUT2D eigenvalue weighted by atomic mass is 9.91. The normalized spacial score (nSPS) is 37.3. The van der Waals surface area contributed by atoms with E-state index in [2.05, 4.69) is 4.90 Å². The Morgan fingerprint density at radius 2 is 1.50 bits per heavy atom. The maximum absolute atomic E-state index is 12.9. The molecule has 2 nitrogen and oxygen atoms in total. The minimum absolute atomic E-state index is 0.0937. The molecule has 0 radical (unpaired) electrons. The van der Waals surface area contributed by atoms with Crippen LogP contribution in [0.15, 0.2) is 0 Å². The molecule has 1 saturated carbocycles. The Balaban J connectivity index is 1.78. The third-order valence-corrected chi connectivity index (χ3v) is 3.64. The van der Waals surface area contributed by atoms with Gasteiger partial charge in [-0.1, -0.05) is 0 Å². The Morgan fingerprint density at radius 3 is 2.07 bits per heavy atom. The van der Waals surface area contributed by atoms with Crippen molar-refractivity contribution in [2.24, 2.45) is 0 Å². The van der Waals surface area contributed by atoms with Crippen molar-refractivity contribution in [3.8, 4) is 0 Å². The van der Waals surface area contributed by atoms with Crippen LogP contribution >= 0.6 is 0 Å². The summed E-state index contributed by atoms with van der Waals surface area (Å²) >= 11 is 0. The van der Waals surface area contributed by atoms with Crippen molar-refractivity contribution in [1.29, 1.82) is 0 Å². The predicted octanol–water partition coefficient (Wildman–Crippen LogP) is 1.72. The van der Waals surface area contributed by atoms with Gasteiger partial charge in [-0.15, -0.1) is 0 Å². The van der Waals surface area contributed by atoms with Crippen LogP contribution in [0.4, 0.5) is 4.39 Å². The second-order valence-corrected chi connectivity index (χ2v) is 4.67. The molecule has 0 amide bonds. The summed E-state index contributed by atoms with van der Waals surface area (Å²) < 4.78 is 12.9. The number of aliphatic hydroxyl groups excluding tert-OH is 1. The molecule has 14 heavy (non-hydrogen) atoms. The standard InChI is InChI=1S/C11H20FNO/c12-9-1-3-10(4-2-9)13-7-5-11(14)6-8-13/h9-11,14H,1-8H2. The Morgan fingerprint density at radius 1 is 0.929 bits per heavy atom. The zero-order valence-corrected chi connectivity index (χ0v) is 8.66. The van der Waals surface area contributed by atoms with E-state index in [4.69, 9.17) is 0 Å². The van der Waals surface area contributed by atoms with Crippen molar-refractivity contribution >= 4 is 0 Å². The lowest BCUT2D eigenvalue weighted by Gasteiger charge is -2.38. The van der Waals surface area contributed by atoms with Gasteiger partial charge in [-0.2, -0.15) is 0 Å². The molecule has 0 spiro atoms. The average molecular weight is 201 g/mol. The first-order valence-corrected chi connectivity index (χ1v) is 5.82. The molecule has 3 heteroatoms. The van der Waals surface area contributed by atoms with E-state index in [1.807, 2.05) is 0 Å². The fourth-order valence-electron chi connectivity index (χ4n) is 2.65. The summed E-state index contributed by atoms with van der Waals surface area (Å²) in [7, 11) is 0. The highest BCUT2D eigenvalue weighted by atomic mass is 19.1. The minimum atomic E-state index is -0.554. The highest BCUT2D eigenvalue weighted by Crippen LogP contribution is 2.27. The van der Waals surface area contributed by atoms with Crippen LogP contribution in [0.5, 0.6) is 0 Å². The van der Waals surface area contributed by atoms with E-state index in [0.717, 1.165) is 51.6 Å². The zero-order chi connectivity index (χ0) is 9.97. The smallest absolute Gasteiger partial charge is 0.100 e. The number of nitrogens with zero attached hydrogens (tertiary/aromatic N) is 1. The Labute approximate surface area is 85.1 Å². The molecule has 2 fully saturated rings. The van der Waals surface area contributed by atoms with Gasteiger partial charge in [0.25, 0.3) is 0 Å². The third kappa shape index (κ3) is 2.45. The van der Waals surface area contributed by atoms with Gasteiger partial charge in [-0.25, -0.2) is 4.39 Å². The minimum Gasteiger partial charge on any atom is -0.393 e. The first-order chi connectivity index (χ1) is 6.75. The lowest BCUT2D eigenvalue weighted by Crippen LogP contribution is -2.44. The van der Waals surface area contributed by atoms with Gasteiger partial charge < -0.3 is 10.0 Å². The highest BCUT2D eigenvalue weighted by molar-refractivity contribution is 4.82. The molecule has 0 unspecified atom stereocenters. The van der Waals surface area contributed by atoms with Gasteiger partial charge in [-0.05, 0) is 38.5 Å². The molecule has 0 aromatic heterocycles. The number of hydrogen-bond acceptors (Lipinski definition) is 2. The molecule has 1 heterocycles. The molecular weight excluding hydrogens is 181 g/mol. The Bertz CT molecular complexity index is 152. The first-order valence-electron chi connectivity index (χ1n) is 5.82. The topological polar surface area (TPSA) is 23.5 Å². The average Bonchev–Trinajstić information content (AvgIpc) is 2.21. The first kappa shape index (κ1) is 10.4. The number of likely N-dealkylation sites (tertiary alicyclic amines) is 1. The molecule has 0 aromatic carbocycles. The maximum atomic E-state index is 12.9. The molecule has 1 N–H and O–H groups in total. The summed E-state index contributed by atoms with van der Waals surface area (Å²) in [6.45, 7) is 2.01. The van der Waals surface area contributed by atoms with E-state index in [9.17, 15) is 9.50 Å². The quantitative estimate of drug-likeness (QED) is 0.698. The number of rotatable bonds is 1. The molecule has 1 aliphatic heterocycles. The van der Waals surface area contributed by atoms with Crippen molar-refractivity contribution in [2.75, 3.05) is 13.1 Å². The lowest BCUT2D eigenvalue weighted by molar-refractivity contribution is 0.0421. The fraction of sp³-hybridized carbons (Fsp3) is 1.00. The Hall–Kier alpha value is -0.150. The SMILES string of the molecule is OC1CCN(C2CCC(F)CC2)CC1. The number of piperidine rings is 1. The van der Waals surface area contributed by atoms with Crippen molar-refractivity contribution < 1.29 is 9.50 Å². The molecular formula is C11H20FNO. The van der Waals surface area contributed by atoms with E-state index >= 15 is 0 Å². The summed E-state index contributed by atoms with van der Waals surface area (Å²) in [6.07, 6.45) is 4.65. The van der Waals surface area contributed by atoms with Gasteiger partial charge in [0, 0.05) is 19.1 Å². The van der Waals surface area contributed by atoms with E-state index < -0.39 is 6.17 Å². The Kier molecular flexibility index (Phi) is 3.39. The number of hydrogen-bond donors (Lipinski definition) is 1. The van der Waals surface area contributed by atoms with Gasteiger partial charge >= 0.3 is 0 Å². The third-order valence-electron chi connectivity index (χ3n) is 3.64.